The van der Waals surface area contributed by atoms with Crippen LogP contribution >= 0.6 is 0 Å². The van der Waals surface area contributed by atoms with Crippen molar-refractivity contribution in [1.82, 2.24) is 19.9 Å². The van der Waals surface area contributed by atoms with Crippen LogP contribution in [0.25, 0.3) is 27.7 Å². The van der Waals surface area contributed by atoms with E-state index >= 15 is 4.39 Å². The molecule has 3 atom stereocenters. The van der Waals surface area contributed by atoms with Crippen molar-refractivity contribution in [2.24, 2.45) is 0 Å². The summed E-state index contributed by atoms with van der Waals surface area (Å²) < 4.78 is 47.4. The summed E-state index contributed by atoms with van der Waals surface area (Å²) in [6.07, 6.45) is 9.74. The average molecular weight is 584 g/mol. The highest BCUT2D eigenvalue weighted by Gasteiger charge is 2.38. The van der Waals surface area contributed by atoms with E-state index in [1.165, 1.54) is 39.1 Å². The van der Waals surface area contributed by atoms with Gasteiger partial charge in [0.2, 0.25) is 0 Å². The van der Waals surface area contributed by atoms with E-state index in [1.54, 1.807) is 19.9 Å². The van der Waals surface area contributed by atoms with Crippen molar-refractivity contribution in [2.75, 3.05) is 19.4 Å². The molecule has 0 aliphatic carbocycles. The minimum Gasteiger partial charge on any atom is -0.467 e. The van der Waals surface area contributed by atoms with Crippen LogP contribution in [0.3, 0.4) is 0 Å². The molecular formula is C33H44F3N5O. The number of benzene rings is 1. The maximum atomic E-state index is 15.5. The molecule has 9 heteroatoms. The predicted octanol–water partition coefficient (Wildman–Crippen LogP) is 8.01. The van der Waals surface area contributed by atoms with E-state index in [0.717, 1.165) is 6.42 Å². The second kappa shape index (κ2) is 15.5. The molecule has 3 aromatic rings. The van der Waals surface area contributed by atoms with Gasteiger partial charge < -0.3 is 10.5 Å². The Balaban J connectivity index is 0.000000364. The van der Waals surface area contributed by atoms with Gasteiger partial charge in [0.15, 0.2) is 5.82 Å². The van der Waals surface area contributed by atoms with Crippen LogP contribution < -0.4 is 10.5 Å². The first-order valence-electron chi connectivity index (χ1n) is 14.6. The van der Waals surface area contributed by atoms with Gasteiger partial charge in [-0.2, -0.15) is 9.97 Å². The molecule has 228 valence electrons. The summed E-state index contributed by atoms with van der Waals surface area (Å²) in [5.41, 5.74) is 8.14. The molecule has 6 nitrogen and oxygen atoms in total. The lowest BCUT2D eigenvalue weighted by Crippen LogP contribution is -2.29. The number of methoxy groups -OCH3 is 1. The molecule has 4 heterocycles. The van der Waals surface area contributed by atoms with Crippen LogP contribution in [0.1, 0.15) is 77.6 Å². The zero-order chi connectivity index (χ0) is 31.7. The lowest BCUT2D eigenvalue weighted by atomic mass is 9.91. The van der Waals surface area contributed by atoms with E-state index < -0.39 is 17.8 Å². The Morgan fingerprint density at radius 1 is 1.14 bits per heavy atom. The number of aromatic nitrogens is 3. The molecule has 2 aliphatic rings. The van der Waals surface area contributed by atoms with E-state index in [2.05, 4.69) is 32.7 Å². The van der Waals surface area contributed by atoms with Crippen molar-refractivity contribution in [3.05, 3.63) is 46.8 Å². The first-order valence-corrected chi connectivity index (χ1v) is 14.6. The number of terminal acetylenes is 1. The van der Waals surface area contributed by atoms with E-state index in [-0.39, 0.29) is 28.4 Å². The van der Waals surface area contributed by atoms with Crippen molar-refractivity contribution in [1.29, 1.82) is 0 Å². The second-order valence-corrected chi connectivity index (χ2v) is 9.90. The number of hydrogen-bond acceptors (Lipinski definition) is 6. The highest BCUT2D eigenvalue weighted by atomic mass is 19.1. The number of fused-ring (bicyclic) bond motifs is 2. The first kappa shape index (κ1) is 34.6. The first-order chi connectivity index (χ1) is 20.0. The normalized spacial score (nSPS) is 19.6. The molecule has 2 aliphatic heterocycles. The van der Waals surface area contributed by atoms with Gasteiger partial charge in [-0.15, -0.1) is 6.42 Å². The molecule has 2 N–H and O–H groups in total. The fraction of sp³-hybridized carbons (Fsp3) is 0.485. The van der Waals surface area contributed by atoms with Crippen LogP contribution in [0.5, 0.6) is 6.01 Å². The molecule has 1 aromatic carbocycles. The minimum absolute atomic E-state index is 0.0187. The fourth-order valence-electron chi connectivity index (χ4n) is 5.44. The van der Waals surface area contributed by atoms with Gasteiger partial charge in [0.25, 0.3) is 0 Å². The summed E-state index contributed by atoms with van der Waals surface area (Å²) in [6.45, 7) is 15.6. The quantitative estimate of drug-likeness (QED) is 0.249. The number of nitrogens with two attached hydrogens (primary N) is 1. The maximum Gasteiger partial charge on any atom is 0.316 e. The Morgan fingerprint density at radius 3 is 2.38 bits per heavy atom. The minimum atomic E-state index is -0.694. The number of nitrogens with zero attached hydrogens (tertiary/aromatic N) is 4. The summed E-state index contributed by atoms with van der Waals surface area (Å²) in [6, 6.07) is 4.43. The summed E-state index contributed by atoms with van der Waals surface area (Å²) in [7, 11) is 1.40. The Kier molecular flexibility index (Phi) is 12.8. The van der Waals surface area contributed by atoms with Crippen molar-refractivity contribution < 1.29 is 17.9 Å². The number of allylic oxidation sites excluding steroid dienone is 2. The molecule has 2 aromatic heterocycles. The molecule has 0 spiro atoms. The predicted molar refractivity (Wildman–Crippen MR) is 167 cm³/mol. The SMILES string of the molecule is C#C/C(=C(/C)F)c1c(C)cc(N)cc1-c1ncc2c(C)nc(OC)nc2c1F.CC.CC.CC1CCC2CC(F)CN12. The molecule has 0 saturated carbocycles. The zero-order valence-electron chi connectivity index (χ0n) is 26.3. The van der Waals surface area contributed by atoms with Crippen molar-refractivity contribution >= 4 is 22.2 Å². The van der Waals surface area contributed by atoms with E-state index in [0.29, 0.717) is 46.5 Å². The Morgan fingerprint density at radius 2 is 1.81 bits per heavy atom. The molecule has 5 rings (SSSR count). The van der Waals surface area contributed by atoms with E-state index in [4.69, 9.17) is 16.9 Å². The summed E-state index contributed by atoms with van der Waals surface area (Å²) in [5.74, 6) is 1.09. The lowest BCUT2D eigenvalue weighted by molar-refractivity contribution is 0.239. The van der Waals surface area contributed by atoms with Crippen LogP contribution in [0.4, 0.5) is 18.9 Å². The Hall–Kier alpha value is -3.64. The fourth-order valence-corrected chi connectivity index (χ4v) is 5.44. The number of ether oxygens (including phenoxy) is 1. The second-order valence-electron chi connectivity index (χ2n) is 9.90. The van der Waals surface area contributed by atoms with Gasteiger partial charge in [-0.05, 0) is 64.7 Å². The van der Waals surface area contributed by atoms with Crippen molar-refractivity contribution in [2.45, 2.75) is 92.9 Å². The maximum absolute atomic E-state index is 15.5. The summed E-state index contributed by atoms with van der Waals surface area (Å²) >= 11 is 0. The van der Waals surface area contributed by atoms with E-state index in [1.807, 2.05) is 27.7 Å². The zero-order valence-corrected chi connectivity index (χ0v) is 26.3. The highest BCUT2D eigenvalue weighted by molar-refractivity contribution is 5.93. The van der Waals surface area contributed by atoms with Crippen LogP contribution in [0.2, 0.25) is 0 Å². The van der Waals surface area contributed by atoms with Gasteiger partial charge in [-0.3, -0.25) is 9.88 Å². The van der Waals surface area contributed by atoms with Gasteiger partial charge in [-0.25, -0.2) is 13.2 Å². The third-order valence-electron chi connectivity index (χ3n) is 7.28. The Labute approximate surface area is 248 Å². The van der Waals surface area contributed by atoms with Crippen molar-refractivity contribution in [3.63, 3.8) is 0 Å². The smallest absolute Gasteiger partial charge is 0.316 e. The van der Waals surface area contributed by atoms with Crippen LogP contribution in [0, 0.1) is 32.0 Å². The standard InChI is InChI=1S/C21H18F2N4O.C8H14FN.2C2H6/c1-6-14(11(3)22)17-10(2)7-13(24)8-15(17)19-18(23)20-16(9-25-19)12(4)26-21(27-20)28-5;1-6-2-3-8-4-7(9)5-10(6)8;2*1-2/h1,7-9H,24H2,2-5H3;6-8H,2-5H2,1H3;2*1-2H3/b14-11+;;;. The van der Waals surface area contributed by atoms with Gasteiger partial charge >= 0.3 is 6.01 Å². The summed E-state index contributed by atoms with van der Waals surface area (Å²) in [4.78, 5) is 14.8. The molecule has 2 fully saturated rings. The third kappa shape index (κ3) is 7.40. The third-order valence-corrected chi connectivity index (χ3v) is 7.28. The molecular weight excluding hydrogens is 539 g/mol. The summed E-state index contributed by atoms with van der Waals surface area (Å²) in [5, 5.41) is 0.443. The van der Waals surface area contributed by atoms with Crippen LogP contribution in [-0.4, -0.2) is 51.8 Å². The number of aryl methyl sites for hydroxylation is 2. The molecule has 3 unspecified atom stereocenters. The molecule has 0 bridgehead atoms. The van der Waals surface area contributed by atoms with Crippen LogP contribution in [0.15, 0.2) is 24.2 Å². The molecule has 42 heavy (non-hydrogen) atoms. The van der Waals surface area contributed by atoms with Gasteiger partial charge in [0, 0.05) is 47.0 Å². The number of rotatable bonds is 3. The van der Waals surface area contributed by atoms with Gasteiger partial charge in [-0.1, -0.05) is 33.6 Å². The number of nitrogen functional groups attached to an aromatic ring is 1. The molecule has 0 radical (unpaired) electrons. The van der Waals surface area contributed by atoms with Crippen molar-refractivity contribution in [3.8, 4) is 29.6 Å². The highest BCUT2D eigenvalue weighted by Crippen LogP contribution is 2.37. The topological polar surface area (TPSA) is 77.2 Å². The van der Waals surface area contributed by atoms with E-state index in [9.17, 15) is 8.78 Å². The van der Waals surface area contributed by atoms with Gasteiger partial charge in [0.1, 0.15) is 23.2 Å². The monoisotopic (exact) mass is 583 g/mol. The lowest BCUT2D eigenvalue weighted by Gasteiger charge is -2.18. The average Bonchev–Trinajstić information content (AvgIpc) is 3.52. The largest absolute Gasteiger partial charge is 0.467 e. The van der Waals surface area contributed by atoms with Crippen LogP contribution in [-0.2, 0) is 0 Å². The number of halogens is 3. The molecule has 2 saturated heterocycles. The van der Waals surface area contributed by atoms with Gasteiger partial charge in [0.05, 0.1) is 18.4 Å². The number of anilines is 1. The molecule has 0 amide bonds. The number of alkyl halides is 1. The number of hydrogen-bond donors (Lipinski definition) is 1. The Bertz CT molecular complexity index is 1450. The number of pyridine rings is 1.